The Labute approximate surface area is 127 Å². The van der Waals surface area contributed by atoms with E-state index in [0.29, 0.717) is 30.4 Å². The van der Waals surface area contributed by atoms with Gasteiger partial charge in [-0.1, -0.05) is 19.8 Å². The number of hydrogen-bond acceptors (Lipinski definition) is 2. The number of nitrogens with zero attached hydrogens (tertiary/aromatic N) is 1. The Bertz CT molecular complexity index is 322. The van der Waals surface area contributed by atoms with Crippen LogP contribution in [0.25, 0.3) is 0 Å². The molecule has 6 heteroatoms. The van der Waals surface area contributed by atoms with Gasteiger partial charge in [-0.2, -0.15) is 0 Å². The summed E-state index contributed by atoms with van der Waals surface area (Å²) >= 11 is 0. The minimum atomic E-state index is -0.887. The molecule has 0 aliphatic heterocycles. The number of carboxylic acid groups (broad SMARTS) is 1. The fourth-order valence-corrected chi connectivity index (χ4v) is 2.13. The highest BCUT2D eigenvalue weighted by molar-refractivity contribution is 5.75. The minimum absolute atomic E-state index is 0.0644. The average Bonchev–Trinajstić information content (AvgIpc) is 2.37. The molecule has 1 unspecified atom stereocenters. The number of rotatable bonds is 12. The van der Waals surface area contributed by atoms with Gasteiger partial charge in [-0.3, -0.25) is 4.79 Å². The van der Waals surface area contributed by atoms with E-state index in [-0.39, 0.29) is 25.3 Å². The van der Waals surface area contributed by atoms with E-state index in [0.717, 1.165) is 12.8 Å². The highest BCUT2D eigenvalue weighted by atomic mass is 19.1. The zero-order valence-corrected chi connectivity index (χ0v) is 13.5. The van der Waals surface area contributed by atoms with Gasteiger partial charge in [-0.15, -0.1) is 0 Å². The largest absolute Gasteiger partial charge is 0.477 e. The molecule has 0 radical (unpaired) electrons. The van der Waals surface area contributed by atoms with Gasteiger partial charge in [-0.05, 0) is 12.8 Å². The van der Waals surface area contributed by atoms with E-state index in [4.69, 9.17) is 5.11 Å². The minimum Gasteiger partial charge on any atom is -0.477 e. The summed E-state index contributed by atoms with van der Waals surface area (Å²) in [6, 6.07) is 0. The molecule has 0 heterocycles. The molecule has 5 nitrogen and oxygen atoms in total. The number of amides is 1. The van der Waals surface area contributed by atoms with Crippen molar-refractivity contribution >= 4 is 11.9 Å². The molecule has 0 aromatic rings. The van der Waals surface area contributed by atoms with Crippen LogP contribution in [0.5, 0.6) is 0 Å². The molecule has 0 fully saturated rings. The first-order chi connectivity index (χ1) is 9.76. The maximum absolute atomic E-state index is 13.4. The SMILES string of the molecule is CCCCC(F)CCC(=O)NCCC[N+](C)(C)CC(=O)O. The second kappa shape index (κ2) is 10.5. The van der Waals surface area contributed by atoms with E-state index < -0.39 is 12.1 Å². The van der Waals surface area contributed by atoms with Gasteiger partial charge in [0.15, 0.2) is 6.54 Å². The van der Waals surface area contributed by atoms with Gasteiger partial charge in [0.1, 0.15) is 6.17 Å². The molecule has 0 aromatic carbocycles. The van der Waals surface area contributed by atoms with Gasteiger partial charge in [0.2, 0.25) is 5.91 Å². The summed E-state index contributed by atoms with van der Waals surface area (Å²) in [6.07, 6.45) is 2.69. The van der Waals surface area contributed by atoms with Crippen LogP contribution in [0.15, 0.2) is 0 Å². The average molecular weight is 305 g/mol. The Balaban J connectivity index is 3.68. The van der Waals surface area contributed by atoms with Gasteiger partial charge in [0, 0.05) is 19.4 Å². The Morgan fingerprint density at radius 2 is 1.90 bits per heavy atom. The molecule has 1 amide bonds. The molecular weight excluding hydrogens is 275 g/mol. The van der Waals surface area contributed by atoms with Crippen molar-refractivity contribution in [2.24, 2.45) is 0 Å². The number of alkyl halides is 1. The van der Waals surface area contributed by atoms with Crippen LogP contribution in [0.3, 0.4) is 0 Å². The number of carboxylic acids is 1. The fourth-order valence-electron chi connectivity index (χ4n) is 2.13. The standard InChI is InChI=1S/C15H29FN2O3/c1-4-5-7-13(16)8-9-14(19)17-10-6-11-18(2,3)12-15(20)21/h13H,4-12H2,1-3H3,(H-,17,19,20,21)/p+1. The molecule has 0 rings (SSSR count). The van der Waals surface area contributed by atoms with E-state index in [1.807, 2.05) is 21.0 Å². The topological polar surface area (TPSA) is 66.4 Å². The molecule has 0 aromatic heterocycles. The monoisotopic (exact) mass is 305 g/mol. The van der Waals surface area contributed by atoms with Crippen LogP contribution in [0, 0.1) is 0 Å². The van der Waals surface area contributed by atoms with Crippen molar-refractivity contribution in [1.82, 2.24) is 5.32 Å². The lowest BCUT2D eigenvalue weighted by molar-refractivity contribution is -0.883. The summed E-state index contributed by atoms with van der Waals surface area (Å²) < 4.78 is 13.8. The molecule has 0 spiro atoms. The number of hydrogen-bond donors (Lipinski definition) is 2. The van der Waals surface area contributed by atoms with Gasteiger partial charge in [0.25, 0.3) is 0 Å². The Morgan fingerprint density at radius 3 is 2.48 bits per heavy atom. The first kappa shape index (κ1) is 19.8. The van der Waals surface area contributed by atoms with Crippen LogP contribution < -0.4 is 5.32 Å². The third-order valence-corrected chi connectivity index (χ3v) is 3.38. The summed E-state index contributed by atoms with van der Waals surface area (Å²) in [7, 11) is 3.69. The van der Waals surface area contributed by atoms with E-state index in [1.54, 1.807) is 0 Å². The van der Waals surface area contributed by atoms with Gasteiger partial charge < -0.3 is 14.9 Å². The van der Waals surface area contributed by atoms with Crippen molar-refractivity contribution < 1.29 is 23.6 Å². The maximum Gasteiger partial charge on any atom is 0.359 e. The number of likely N-dealkylation sites (N-methyl/N-ethyl adjacent to an activating group) is 1. The second-order valence-corrected chi connectivity index (χ2v) is 6.19. The lowest BCUT2D eigenvalue weighted by atomic mass is 10.1. The van der Waals surface area contributed by atoms with Crippen molar-refractivity contribution in [3.8, 4) is 0 Å². The Kier molecular flexibility index (Phi) is 9.95. The number of aliphatic carboxylic acids is 1. The molecule has 1 atom stereocenters. The first-order valence-corrected chi connectivity index (χ1v) is 7.71. The summed E-state index contributed by atoms with van der Waals surface area (Å²) in [6.45, 7) is 3.26. The second-order valence-electron chi connectivity index (χ2n) is 6.19. The zero-order chi connectivity index (χ0) is 16.3. The molecule has 0 aliphatic carbocycles. The smallest absolute Gasteiger partial charge is 0.359 e. The van der Waals surface area contributed by atoms with Crippen molar-refractivity contribution in [2.45, 2.75) is 51.6 Å². The number of halogens is 1. The quantitative estimate of drug-likeness (QED) is 0.428. The van der Waals surface area contributed by atoms with Crippen LogP contribution in [-0.4, -0.2) is 61.4 Å². The lowest BCUT2D eigenvalue weighted by Crippen LogP contribution is -2.45. The first-order valence-electron chi connectivity index (χ1n) is 7.71. The molecule has 2 N–H and O–H groups in total. The summed E-state index contributed by atoms with van der Waals surface area (Å²) in [5.74, 6) is -0.956. The Morgan fingerprint density at radius 1 is 1.24 bits per heavy atom. The number of carbonyl (C=O) groups is 2. The normalized spacial score (nSPS) is 13.0. The predicted molar refractivity (Wildman–Crippen MR) is 80.8 cm³/mol. The van der Waals surface area contributed by atoms with Gasteiger partial charge in [-0.25, -0.2) is 9.18 Å². The van der Waals surface area contributed by atoms with Crippen molar-refractivity contribution in [3.05, 3.63) is 0 Å². The van der Waals surface area contributed by atoms with Crippen LogP contribution in [0.1, 0.15) is 45.4 Å². The van der Waals surface area contributed by atoms with E-state index in [9.17, 15) is 14.0 Å². The van der Waals surface area contributed by atoms with Crippen molar-refractivity contribution in [2.75, 3.05) is 33.7 Å². The molecular formula is C15H30FN2O3+. The predicted octanol–water partition coefficient (Wildman–Crippen LogP) is 1.96. The summed E-state index contributed by atoms with van der Waals surface area (Å²) in [5, 5.41) is 11.5. The molecule has 0 aliphatic rings. The third kappa shape index (κ3) is 12.3. The summed E-state index contributed by atoms with van der Waals surface area (Å²) in [5.41, 5.74) is 0. The van der Waals surface area contributed by atoms with Crippen LogP contribution >= 0.6 is 0 Å². The molecule has 21 heavy (non-hydrogen) atoms. The highest BCUT2D eigenvalue weighted by Gasteiger charge is 2.18. The number of quaternary nitrogens is 1. The van der Waals surface area contributed by atoms with Crippen molar-refractivity contribution in [1.29, 1.82) is 0 Å². The fraction of sp³-hybridized carbons (Fsp3) is 0.867. The van der Waals surface area contributed by atoms with E-state index in [2.05, 4.69) is 5.32 Å². The maximum atomic E-state index is 13.4. The molecule has 124 valence electrons. The summed E-state index contributed by atoms with van der Waals surface area (Å²) in [4.78, 5) is 22.2. The highest BCUT2D eigenvalue weighted by Crippen LogP contribution is 2.10. The van der Waals surface area contributed by atoms with E-state index in [1.165, 1.54) is 0 Å². The molecule has 0 saturated heterocycles. The van der Waals surface area contributed by atoms with Gasteiger partial charge >= 0.3 is 5.97 Å². The van der Waals surface area contributed by atoms with Crippen LogP contribution in [0.4, 0.5) is 4.39 Å². The third-order valence-electron chi connectivity index (χ3n) is 3.38. The van der Waals surface area contributed by atoms with Crippen LogP contribution in [0.2, 0.25) is 0 Å². The lowest BCUT2D eigenvalue weighted by Gasteiger charge is -2.27. The number of carbonyl (C=O) groups excluding carboxylic acids is 1. The molecule has 0 saturated carbocycles. The van der Waals surface area contributed by atoms with Crippen molar-refractivity contribution in [3.63, 3.8) is 0 Å². The Hall–Kier alpha value is -1.17. The van der Waals surface area contributed by atoms with E-state index >= 15 is 0 Å². The zero-order valence-electron chi connectivity index (χ0n) is 13.5. The van der Waals surface area contributed by atoms with Gasteiger partial charge in [0.05, 0.1) is 20.6 Å². The number of unbranched alkanes of at least 4 members (excludes halogenated alkanes) is 1. The molecule has 0 bridgehead atoms. The number of nitrogens with one attached hydrogen (secondary N) is 1. The van der Waals surface area contributed by atoms with Crippen LogP contribution in [-0.2, 0) is 9.59 Å².